The SMILES string of the molecule is CN(CC(=O)NCc1ccc(N2CCCC2=O)cc1)S(=O)(=O)c1ccc(Cl)cc1. The van der Waals surface area contributed by atoms with Crippen molar-refractivity contribution in [2.75, 3.05) is 25.0 Å². The van der Waals surface area contributed by atoms with E-state index in [1.807, 2.05) is 24.3 Å². The van der Waals surface area contributed by atoms with Crippen molar-refractivity contribution >= 4 is 39.1 Å². The van der Waals surface area contributed by atoms with E-state index in [4.69, 9.17) is 11.6 Å². The fourth-order valence-electron chi connectivity index (χ4n) is 3.05. The van der Waals surface area contributed by atoms with Crippen LogP contribution in [0.3, 0.4) is 0 Å². The number of amides is 2. The number of nitrogens with zero attached hydrogens (tertiary/aromatic N) is 2. The fraction of sp³-hybridized carbons (Fsp3) is 0.300. The number of carbonyl (C=O) groups excluding carboxylic acids is 2. The first-order chi connectivity index (χ1) is 13.8. The summed E-state index contributed by atoms with van der Waals surface area (Å²) in [5, 5.41) is 3.15. The first-order valence-corrected chi connectivity index (χ1v) is 11.0. The summed E-state index contributed by atoms with van der Waals surface area (Å²) in [6.07, 6.45) is 1.44. The van der Waals surface area contributed by atoms with E-state index in [-0.39, 0.29) is 23.9 Å². The Morgan fingerprint density at radius 1 is 1.14 bits per heavy atom. The quantitative estimate of drug-likeness (QED) is 0.723. The predicted molar refractivity (Wildman–Crippen MR) is 111 cm³/mol. The first kappa shape index (κ1) is 21.3. The summed E-state index contributed by atoms with van der Waals surface area (Å²) >= 11 is 5.79. The van der Waals surface area contributed by atoms with Gasteiger partial charge in [-0.1, -0.05) is 23.7 Å². The largest absolute Gasteiger partial charge is 0.351 e. The lowest BCUT2D eigenvalue weighted by Crippen LogP contribution is -2.38. The van der Waals surface area contributed by atoms with Crippen LogP contribution in [0.4, 0.5) is 5.69 Å². The molecule has 1 N–H and O–H groups in total. The van der Waals surface area contributed by atoms with E-state index in [0.717, 1.165) is 28.5 Å². The Morgan fingerprint density at radius 3 is 2.38 bits per heavy atom. The molecular weight excluding hydrogens is 414 g/mol. The van der Waals surface area contributed by atoms with Crippen molar-refractivity contribution in [2.24, 2.45) is 0 Å². The minimum atomic E-state index is -3.78. The zero-order valence-electron chi connectivity index (χ0n) is 16.0. The number of nitrogens with one attached hydrogen (secondary N) is 1. The molecule has 0 atom stereocenters. The third-order valence-corrected chi connectivity index (χ3v) is 6.77. The van der Waals surface area contributed by atoms with Crippen LogP contribution >= 0.6 is 11.6 Å². The van der Waals surface area contributed by atoms with Gasteiger partial charge in [0.2, 0.25) is 21.8 Å². The number of halogens is 1. The van der Waals surface area contributed by atoms with Crippen molar-refractivity contribution in [1.29, 1.82) is 0 Å². The second kappa shape index (κ2) is 8.94. The third kappa shape index (κ3) is 5.14. The van der Waals surface area contributed by atoms with Crippen molar-refractivity contribution in [3.8, 4) is 0 Å². The molecule has 2 aromatic carbocycles. The Labute approximate surface area is 175 Å². The molecule has 154 valence electrons. The van der Waals surface area contributed by atoms with Gasteiger partial charge in [-0.2, -0.15) is 4.31 Å². The number of benzene rings is 2. The third-order valence-electron chi connectivity index (χ3n) is 4.70. The Bertz CT molecular complexity index is 991. The monoisotopic (exact) mass is 435 g/mol. The number of hydrogen-bond acceptors (Lipinski definition) is 4. The molecule has 3 rings (SSSR count). The maximum atomic E-state index is 12.5. The van der Waals surface area contributed by atoms with E-state index in [2.05, 4.69) is 5.32 Å². The van der Waals surface area contributed by atoms with Crippen LogP contribution < -0.4 is 10.2 Å². The maximum Gasteiger partial charge on any atom is 0.243 e. The molecule has 1 saturated heterocycles. The second-order valence-corrected chi connectivity index (χ2v) is 9.29. The zero-order valence-corrected chi connectivity index (χ0v) is 17.5. The summed E-state index contributed by atoms with van der Waals surface area (Å²) in [6, 6.07) is 13.2. The topological polar surface area (TPSA) is 86.8 Å². The lowest BCUT2D eigenvalue weighted by Gasteiger charge is -2.17. The highest BCUT2D eigenvalue weighted by atomic mass is 35.5. The van der Waals surface area contributed by atoms with Gasteiger partial charge in [-0.15, -0.1) is 0 Å². The summed E-state index contributed by atoms with van der Waals surface area (Å²) < 4.78 is 26.0. The number of rotatable bonds is 7. The Kier molecular flexibility index (Phi) is 6.56. The standard InChI is InChI=1S/C20H22ClN3O4S/c1-23(29(27,28)18-10-6-16(21)7-11-18)14-19(25)22-13-15-4-8-17(9-5-15)24-12-2-3-20(24)26/h4-11H,2-3,12-14H2,1H3,(H,22,25). The Balaban J connectivity index is 1.54. The fourth-order valence-corrected chi connectivity index (χ4v) is 4.30. The second-order valence-electron chi connectivity index (χ2n) is 6.81. The molecule has 0 spiro atoms. The zero-order chi connectivity index (χ0) is 21.0. The van der Waals surface area contributed by atoms with Crippen molar-refractivity contribution in [3.05, 3.63) is 59.1 Å². The summed E-state index contributed by atoms with van der Waals surface area (Å²) in [5.41, 5.74) is 1.70. The molecule has 1 fully saturated rings. The van der Waals surface area contributed by atoms with Crippen LogP contribution in [-0.2, 0) is 26.2 Å². The van der Waals surface area contributed by atoms with E-state index in [9.17, 15) is 18.0 Å². The molecule has 0 saturated carbocycles. The van der Waals surface area contributed by atoms with Crippen LogP contribution in [0.15, 0.2) is 53.4 Å². The van der Waals surface area contributed by atoms with Crippen LogP contribution in [0.5, 0.6) is 0 Å². The average Bonchev–Trinajstić information content (AvgIpc) is 3.13. The molecule has 0 unspecified atom stereocenters. The van der Waals surface area contributed by atoms with Crippen molar-refractivity contribution in [3.63, 3.8) is 0 Å². The molecule has 0 aliphatic carbocycles. The van der Waals surface area contributed by atoms with Crippen molar-refractivity contribution in [1.82, 2.24) is 9.62 Å². The van der Waals surface area contributed by atoms with Gasteiger partial charge >= 0.3 is 0 Å². The van der Waals surface area contributed by atoms with E-state index in [1.54, 1.807) is 4.90 Å². The lowest BCUT2D eigenvalue weighted by molar-refractivity contribution is -0.121. The molecule has 1 heterocycles. The van der Waals surface area contributed by atoms with Gasteiger partial charge in [0.25, 0.3) is 0 Å². The van der Waals surface area contributed by atoms with Gasteiger partial charge in [0.05, 0.1) is 11.4 Å². The molecule has 2 amide bonds. The smallest absolute Gasteiger partial charge is 0.243 e. The van der Waals surface area contributed by atoms with Gasteiger partial charge in [0, 0.05) is 37.3 Å². The van der Waals surface area contributed by atoms with Crippen molar-refractivity contribution in [2.45, 2.75) is 24.3 Å². The summed E-state index contributed by atoms with van der Waals surface area (Å²) in [6.45, 7) is 0.691. The molecule has 29 heavy (non-hydrogen) atoms. The normalized spacial score (nSPS) is 14.4. The van der Waals surface area contributed by atoms with Crippen molar-refractivity contribution < 1.29 is 18.0 Å². The minimum absolute atomic E-state index is 0.0734. The lowest BCUT2D eigenvalue weighted by atomic mass is 10.2. The highest BCUT2D eigenvalue weighted by Crippen LogP contribution is 2.21. The summed E-state index contributed by atoms with van der Waals surface area (Å²) in [7, 11) is -2.43. The van der Waals surface area contributed by atoms with Crippen LogP contribution in [0.1, 0.15) is 18.4 Å². The molecule has 0 radical (unpaired) electrons. The molecule has 1 aliphatic heterocycles. The van der Waals surface area contributed by atoms with E-state index >= 15 is 0 Å². The number of carbonyl (C=O) groups is 2. The maximum absolute atomic E-state index is 12.5. The van der Waals surface area contributed by atoms with Gasteiger partial charge in [-0.25, -0.2) is 8.42 Å². The van der Waals surface area contributed by atoms with Crippen LogP contribution in [0.25, 0.3) is 0 Å². The predicted octanol–water partition coefficient (Wildman–Crippen LogP) is 2.40. The number of hydrogen-bond donors (Lipinski definition) is 1. The van der Waals surface area contributed by atoms with E-state index in [0.29, 0.717) is 11.4 Å². The molecule has 7 nitrogen and oxygen atoms in total. The number of sulfonamides is 1. The first-order valence-electron chi connectivity index (χ1n) is 9.15. The molecule has 9 heteroatoms. The highest BCUT2D eigenvalue weighted by Gasteiger charge is 2.23. The van der Waals surface area contributed by atoms with Crippen LogP contribution in [-0.4, -0.2) is 44.7 Å². The number of anilines is 1. The molecule has 2 aromatic rings. The molecule has 0 bridgehead atoms. The number of likely N-dealkylation sites (N-methyl/N-ethyl adjacent to an activating group) is 1. The minimum Gasteiger partial charge on any atom is -0.351 e. The summed E-state index contributed by atoms with van der Waals surface area (Å²) in [5.74, 6) is -0.292. The average molecular weight is 436 g/mol. The van der Waals surface area contributed by atoms with Crippen LogP contribution in [0.2, 0.25) is 5.02 Å². The van der Waals surface area contributed by atoms with E-state index in [1.165, 1.54) is 31.3 Å². The Morgan fingerprint density at radius 2 is 1.79 bits per heavy atom. The van der Waals surface area contributed by atoms with Gasteiger partial charge < -0.3 is 10.2 Å². The molecule has 0 aromatic heterocycles. The highest BCUT2D eigenvalue weighted by molar-refractivity contribution is 7.89. The van der Waals surface area contributed by atoms with E-state index < -0.39 is 15.9 Å². The van der Waals surface area contributed by atoms with Gasteiger partial charge in [-0.05, 0) is 48.4 Å². The Hall–Kier alpha value is -2.42. The van der Waals surface area contributed by atoms with Crippen LogP contribution in [0, 0.1) is 0 Å². The molecular formula is C20H22ClN3O4S. The van der Waals surface area contributed by atoms with Gasteiger partial charge in [0.1, 0.15) is 0 Å². The van der Waals surface area contributed by atoms with Gasteiger partial charge in [-0.3, -0.25) is 9.59 Å². The van der Waals surface area contributed by atoms with Gasteiger partial charge in [0.15, 0.2) is 0 Å². The summed E-state index contributed by atoms with van der Waals surface area (Å²) in [4.78, 5) is 25.8. The molecule has 1 aliphatic rings.